The molecule has 1 rings (SSSR count). The lowest BCUT2D eigenvalue weighted by atomic mass is 9.99. The summed E-state index contributed by atoms with van der Waals surface area (Å²) in [5.41, 5.74) is 5.93. The van der Waals surface area contributed by atoms with Crippen LogP contribution in [0, 0.1) is 5.92 Å². The van der Waals surface area contributed by atoms with Crippen molar-refractivity contribution >= 4 is 5.91 Å². The quantitative estimate of drug-likeness (QED) is 0.697. The van der Waals surface area contributed by atoms with Gasteiger partial charge in [0.25, 0.3) is 0 Å². The maximum atomic E-state index is 12.0. The van der Waals surface area contributed by atoms with Gasteiger partial charge in [0.1, 0.15) is 0 Å². The zero-order valence-corrected chi connectivity index (χ0v) is 13.2. The number of nitrogens with zero attached hydrogens (tertiary/aromatic N) is 1. The number of nitrogens with two attached hydrogens (primary N) is 1. The predicted molar refractivity (Wildman–Crippen MR) is 81.5 cm³/mol. The molecule has 1 aliphatic heterocycles. The zero-order valence-electron chi connectivity index (χ0n) is 13.2. The molecule has 1 saturated heterocycles. The maximum absolute atomic E-state index is 12.0. The topological polar surface area (TPSA) is 67.6 Å². The van der Waals surface area contributed by atoms with Gasteiger partial charge in [-0.15, -0.1) is 0 Å². The van der Waals surface area contributed by atoms with Crippen LogP contribution >= 0.6 is 0 Å². The standard InChI is InChI=1S/C15H31N3O2/c1-4-12(2)14(16)15(19)17-13(3)6-5-7-18-8-10-20-11-9-18/h12-14H,4-11,16H2,1-3H3,(H,17,19). The van der Waals surface area contributed by atoms with Crippen LogP contribution in [0.15, 0.2) is 0 Å². The Balaban J connectivity index is 2.15. The number of carbonyl (C=O) groups excluding carboxylic acids is 1. The van der Waals surface area contributed by atoms with Crippen molar-refractivity contribution in [2.75, 3.05) is 32.8 Å². The molecule has 1 fully saturated rings. The van der Waals surface area contributed by atoms with E-state index < -0.39 is 0 Å². The van der Waals surface area contributed by atoms with Crippen LogP contribution < -0.4 is 11.1 Å². The first-order valence-corrected chi connectivity index (χ1v) is 7.90. The summed E-state index contributed by atoms with van der Waals surface area (Å²) in [6.45, 7) is 11.0. The molecule has 0 saturated carbocycles. The third-order valence-electron chi connectivity index (χ3n) is 4.16. The van der Waals surface area contributed by atoms with Crippen molar-refractivity contribution in [1.82, 2.24) is 10.2 Å². The number of nitrogens with one attached hydrogen (secondary N) is 1. The van der Waals surface area contributed by atoms with Crippen LogP contribution in [0.1, 0.15) is 40.0 Å². The number of hydrogen-bond donors (Lipinski definition) is 2. The van der Waals surface area contributed by atoms with E-state index in [-0.39, 0.29) is 23.9 Å². The van der Waals surface area contributed by atoms with Crippen molar-refractivity contribution in [2.45, 2.75) is 52.1 Å². The van der Waals surface area contributed by atoms with Gasteiger partial charge in [-0.05, 0) is 32.2 Å². The first-order valence-electron chi connectivity index (χ1n) is 7.90. The fraction of sp³-hybridized carbons (Fsp3) is 0.933. The molecule has 0 aromatic carbocycles. The molecule has 0 spiro atoms. The summed E-state index contributed by atoms with van der Waals surface area (Å²) < 4.78 is 5.33. The third kappa shape index (κ3) is 6.20. The number of amides is 1. The van der Waals surface area contributed by atoms with Crippen molar-refractivity contribution in [1.29, 1.82) is 0 Å². The molecule has 3 unspecified atom stereocenters. The highest BCUT2D eigenvalue weighted by molar-refractivity contribution is 5.82. The molecule has 5 nitrogen and oxygen atoms in total. The molecule has 118 valence electrons. The molecule has 1 heterocycles. The van der Waals surface area contributed by atoms with Gasteiger partial charge in [0.15, 0.2) is 0 Å². The molecule has 5 heteroatoms. The highest BCUT2D eigenvalue weighted by Gasteiger charge is 2.20. The van der Waals surface area contributed by atoms with Crippen LogP contribution in [-0.4, -0.2) is 55.7 Å². The monoisotopic (exact) mass is 285 g/mol. The van der Waals surface area contributed by atoms with E-state index in [0.717, 1.165) is 52.1 Å². The number of carbonyl (C=O) groups is 1. The molecule has 3 atom stereocenters. The summed E-state index contributed by atoms with van der Waals surface area (Å²) in [5, 5.41) is 3.03. The fourth-order valence-electron chi connectivity index (χ4n) is 2.37. The van der Waals surface area contributed by atoms with Crippen LogP contribution in [0.3, 0.4) is 0 Å². The molecule has 0 aromatic heterocycles. The van der Waals surface area contributed by atoms with Gasteiger partial charge in [-0.25, -0.2) is 0 Å². The van der Waals surface area contributed by atoms with Crippen LogP contribution in [0.25, 0.3) is 0 Å². The zero-order chi connectivity index (χ0) is 15.0. The summed E-state index contributed by atoms with van der Waals surface area (Å²) in [7, 11) is 0. The molecule has 0 aliphatic carbocycles. The molecular weight excluding hydrogens is 254 g/mol. The average Bonchev–Trinajstić information content (AvgIpc) is 2.46. The second-order valence-electron chi connectivity index (χ2n) is 5.92. The minimum atomic E-state index is -0.387. The largest absolute Gasteiger partial charge is 0.379 e. The smallest absolute Gasteiger partial charge is 0.237 e. The first kappa shape index (κ1) is 17.4. The summed E-state index contributed by atoms with van der Waals surface area (Å²) in [4.78, 5) is 14.4. The van der Waals surface area contributed by atoms with E-state index in [0.29, 0.717) is 0 Å². The van der Waals surface area contributed by atoms with Gasteiger partial charge >= 0.3 is 0 Å². The highest BCUT2D eigenvalue weighted by atomic mass is 16.5. The SMILES string of the molecule is CCC(C)C(N)C(=O)NC(C)CCCN1CCOCC1. The molecule has 20 heavy (non-hydrogen) atoms. The van der Waals surface area contributed by atoms with E-state index in [1.807, 2.05) is 6.92 Å². The van der Waals surface area contributed by atoms with Gasteiger partial charge < -0.3 is 15.8 Å². The molecule has 1 aliphatic rings. The molecule has 3 N–H and O–H groups in total. The fourth-order valence-corrected chi connectivity index (χ4v) is 2.37. The predicted octanol–water partition coefficient (Wildman–Crippen LogP) is 0.977. The van der Waals surface area contributed by atoms with Crippen LogP contribution in [0.5, 0.6) is 0 Å². The number of rotatable bonds is 8. The second-order valence-corrected chi connectivity index (χ2v) is 5.92. The van der Waals surface area contributed by atoms with Crippen molar-refractivity contribution in [3.05, 3.63) is 0 Å². The lowest BCUT2D eigenvalue weighted by Gasteiger charge is -2.27. The van der Waals surface area contributed by atoms with E-state index in [1.165, 1.54) is 0 Å². The van der Waals surface area contributed by atoms with E-state index in [2.05, 4.69) is 24.1 Å². The Morgan fingerprint density at radius 1 is 1.35 bits per heavy atom. The molecule has 1 amide bonds. The minimum absolute atomic E-state index is 0.0155. The summed E-state index contributed by atoms with van der Waals surface area (Å²) >= 11 is 0. The Labute approximate surface area is 123 Å². The summed E-state index contributed by atoms with van der Waals surface area (Å²) in [6.07, 6.45) is 3.02. The van der Waals surface area contributed by atoms with Crippen LogP contribution in [0.4, 0.5) is 0 Å². The van der Waals surface area contributed by atoms with Gasteiger partial charge in [-0.2, -0.15) is 0 Å². The number of hydrogen-bond acceptors (Lipinski definition) is 4. The molecular formula is C15H31N3O2. The van der Waals surface area contributed by atoms with Crippen LogP contribution in [-0.2, 0) is 9.53 Å². The third-order valence-corrected chi connectivity index (χ3v) is 4.16. The Morgan fingerprint density at radius 2 is 2.00 bits per heavy atom. The van der Waals surface area contributed by atoms with Crippen molar-refractivity contribution in [2.24, 2.45) is 11.7 Å². The van der Waals surface area contributed by atoms with Gasteiger partial charge in [0.2, 0.25) is 5.91 Å². The molecule has 0 bridgehead atoms. The number of ether oxygens (including phenoxy) is 1. The van der Waals surface area contributed by atoms with Gasteiger partial charge in [0.05, 0.1) is 19.3 Å². The minimum Gasteiger partial charge on any atom is -0.379 e. The second kappa shape index (κ2) is 9.32. The average molecular weight is 285 g/mol. The van der Waals surface area contributed by atoms with E-state index in [9.17, 15) is 4.79 Å². The Bertz CT molecular complexity index is 280. The Hall–Kier alpha value is -0.650. The first-order chi connectivity index (χ1) is 9.54. The summed E-state index contributed by atoms with van der Waals surface area (Å²) in [6, 6.07) is -0.194. The Morgan fingerprint density at radius 3 is 2.60 bits per heavy atom. The van der Waals surface area contributed by atoms with Crippen molar-refractivity contribution in [3.8, 4) is 0 Å². The maximum Gasteiger partial charge on any atom is 0.237 e. The molecule has 0 radical (unpaired) electrons. The highest BCUT2D eigenvalue weighted by Crippen LogP contribution is 2.07. The lowest BCUT2D eigenvalue weighted by molar-refractivity contribution is -0.124. The van der Waals surface area contributed by atoms with Gasteiger partial charge in [-0.1, -0.05) is 20.3 Å². The van der Waals surface area contributed by atoms with Gasteiger partial charge in [0, 0.05) is 19.1 Å². The van der Waals surface area contributed by atoms with Crippen molar-refractivity contribution in [3.63, 3.8) is 0 Å². The van der Waals surface area contributed by atoms with E-state index in [1.54, 1.807) is 0 Å². The van der Waals surface area contributed by atoms with Gasteiger partial charge in [-0.3, -0.25) is 9.69 Å². The van der Waals surface area contributed by atoms with Crippen molar-refractivity contribution < 1.29 is 9.53 Å². The normalized spacial score (nSPS) is 21.2. The molecule has 0 aromatic rings. The van der Waals surface area contributed by atoms with Crippen LogP contribution in [0.2, 0.25) is 0 Å². The summed E-state index contributed by atoms with van der Waals surface area (Å²) in [5.74, 6) is 0.216. The van der Waals surface area contributed by atoms with E-state index >= 15 is 0 Å². The lowest BCUT2D eigenvalue weighted by Crippen LogP contribution is -2.47. The Kier molecular flexibility index (Phi) is 8.11. The van der Waals surface area contributed by atoms with E-state index in [4.69, 9.17) is 10.5 Å². The number of morpholine rings is 1.